The molecule has 7 nitrogen and oxygen atoms in total. The molecular weight excluding hydrogens is 390 g/mol. The Morgan fingerprint density at radius 1 is 1.30 bits per heavy atom. The lowest BCUT2D eigenvalue weighted by atomic mass is 9.95. The van der Waals surface area contributed by atoms with Crippen molar-refractivity contribution in [1.29, 1.82) is 0 Å². The maximum atomic E-state index is 12.8. The quantitative estimate of drug-likeness (QED) is 0.691. The fourth-order valence-electron chi connectivity index (χ4n) is 3.14. The zero-order chi connectivity index (χ0) is 18.8. The number of nitrogens with one attached hydrogen (secondary N) is 2. The number of halogens is 1. The van der Waals surface area contributed by atoms with Crippen molar-refractivity contribution in [3.8, 4) is 11.3 Å². The summed E-state index contributed by atoms with van der Waals surface area (Å²) in [6.07, 6.45) is 3.48. The summed E-state index contributed by atoms with van der Waals surface area (Å²) in [5.41, 5.74) is 0.255. The average molecular weight is 416 g/mol. The summed E-state index contributed by atoms with van der Waals surface area (Å²) in [6, 6.07) is 5.13. The molecule has 2 aromatic rings. The van der Waals surface area contributed by atoms with Gasteiger partial charge in [-0.1, -0.05) is 12.1 Å². The van der Waals surface area contributed by atoms with Crippen LogP contribution in [-0.2, 0) is 10.0 Å². The molecule has 1 aromatic heterocycles. The number of benzene rings is 1. The van der Waals surface area contributed by atoms with Gasteiger partial charge in [0.1, 0.15) is 0 Å². The molecule has 1 fully saturated rings. The highest BCUT2D eigenvalue weighted by molar-refractivity contribution is 7.89. The van der Waals surface area contributed by atoms with E-state index in [0.717, 1.165) is 13.0 Å². The normalized spacial score (nSPS) is 20.7. The summed E-state index contributed by atoms with van der Waals surface area (Å²) < 4.78 is 33.7. The van der Waals surface area contributed by atoms with Crippen LogP contribution in [0, 0.1) is 13.8 Å². The number of oxazole rings is 1. The first-order valence-electron chi connectivity index (χ1n) is 8.75. The number of rotatable bonds is 5. The molecule has 3 N–H and O–H groups in total. The zero-order valence-electron chi connectivity index (χ0n) is 15.5. The van der Waals surface area contributed by atoms with E-state index in [0.29, 0.717) is 42.2 Å². The van der Waals surface area contributed by atoms with Crippen LogP contribution >= 0.6 is 12.4 Å². The van der Waals surface area contributed by atoms with Crippen molar-refractivity contribution in [2.24, 2.45) is 0 Å². The van der Waals surface area contributed by atoms with Crippen LogP contribution in [0.25, 0.3) is 11.3 Å². The van der Waals surface area contributed by atoms with Crippen molar-refractivity contribution in [2.75, 3.05) is 19.6 Å². The number of sulfonamides is 1. The van der Waals surface area contributed by atoms with Crippen LogP contribution in [0.3, 0.4) is 0 Å². The van der Waals surface area contributed by atoms with Crippen LogP contribution in [0.5, 0.6) is 0 Å². The Kier molecular flexibility index (Phi) is 7.04. The van der Waals surface area contributed by atoms with Crippen molar-refractivity contribution in [2.45, 2.75) is 43.6 Å². The van der Waals surface area contributed by atoms with E-state index in [4.69, 9.17) is 4.42 Å². The molecule has 3 rings (SSSR count). The second-order valence-electron chi connectivity index (χ2n) is 6.88. The summed E-state index contributed by atoms with van der Waals surface area (Å²) in [5.74, 6) is 1.04. The van der Waals surface area contributed by atoms with E-state index in [2.05, 4.69) is 15.0 Å². The number of aliphatic hydroxyl groups is 1. The molecule has 1 atom stereocenters. The summed E-state index contributed by atoms with van der Waals surface area (Å²) in [4.78, 5) is 4.23. The summed E-state index contributed by atoms with van der Waals surface area (Å²) in [5, 5.41) is 13.9. The molecule has 0 spiro atoms. The number of aryl methyl sites for hydroxylation is 2. The predicted octanol–water partition coefficient (Wildman–Crippen LogP) is 2.16. The molecule has 27 heavy (non-hydrogen) atoms. The highest BCUT2D eigenvalue weighted by Gasteiger charge is 2.30. The Balaban J connectivity index is 0.00000261. The van der Waals surface area contributed by atoms with Gasteiger partial charge in [0, 0.05) is 19.0 Å². The minimum Gasteiger partial charge on any atom is -0.441 e. The predicted molar refractivity (Wildman–Crippen MR) is 106 cm³/mol. The highest BCUT2D eigenvalue weighted by Crippen LogP contribution is 2.26. The monoisotopic (exact) mass is 415 g/mol. The van der Waals surface area contributed by atoms with Crippen LogP contribution in [-0.4, -0.2) is 43.7 Å². The van der Waals surface area contributed by atoms with E-state index in [1.165, 1.54) is 0 Å². The lowest BCUT2D eigenvalue weighted by Crippen LogP contribution is -2.43. The van der Waals surface area contributed by atoms with Gasteiger partial charge in [0.25, 0.3) is 0 Å². The van der Waals surface area contributed by atoms with E-state index in [1.807, 2.05) is 0 Å². The van der Waals surface area contributed by atoms with Crippen LogP contribution in [0.2, 0.25) is 0 Å². The van der Waals surface area contributed by atoms with Gasteiger partial charge in [-0.15, -0.1) is 12.4 Å². The van der Waals surface area contributed by atoms with Crippen molar-refractivity contribution < 1.29 is 17.9 Å². The molecule has 0 saturated carbocycles. The second kappa shape index (κ2) is 8.70. The molecule has 1 unspecified atom stereocenters. The largest absolute Gasteiger partial charge is 0.441 e. The summed E-state index contributed by atoms with van der Waals surface area (Å²) >= 11 is 0. The molecule has 1 saturated heterocycles. The fourth-order valence-corrected chi connectivity index (χ4v) is 4.52. The Bertz CT molecular complexity index is 874. The number of hydrogen-bond acceptors (Lipinski definition) is 6. The molecule has 0 bridgehead atoms. The van der Waals surface area contributed by atoms with Gasteiger partial charge in [-0.05, 0) is 50.9 Å². The average Bonchev–Trinajstić information content (AvgIpc) is 2.91. The topological polar surface area (TPSA) is 104 Å². The van der Waals surface area contributed by atoms with E-state index < -0.39 is 15.6 Å². The first kappa shape index (κ1) is 21.8. The van der Waals surface area contributed by atoms with Crippen LogP contribution in [0.15, 0.2) is 33.7 Å². The van der Waals surface area contributed by atoms with E-state index in [9.17, 15) is 13.5 Å². The van der Waals surface area contributed by atoms with Crippen molar-refractivity contribution in [3.63, 3.8) is 0 Å². The van der Waals surface area contributed by atoms with E-state index >= 15 is 0 Å². The maximum absolute atomic E-state index is 12.8. The lowest BCUT2D eigenvalue weighted by molar-refractivity contribution is 0.0335. The molecule has 1 aliphatic rings. The first-order chi connectivity index (χ1) is 12.3. The van der Waals surface area contributed by atoms with Crippen molar-refractivity contribution >= 4 is 22.4 Å². The minimum atomic E-state index is -3.76. The Hall–Kier alpha value is -1.45. The Morgan fingerprint density at radius 3 is 2.78 bits per heavy atom. The minimum absolute atomic E-state index is 0. The van der Waals surface area contributed by atoms with E-state index in [-0.39, 0.29) is 23.8 Å². The molecule has 0 radical (unpaired) electrons. The molecule has 2 heterocycles. The molecular formula is C18H26ClN3O4S. The summed E-state index contributed by atoms with van der Waals surface area (Å²) in [6.45, 7) is 5.00. The molecule has 0 amide bonds. The van der Waals surface area contributed by atoms with Gasteiger partial charge in [0.05, 0.1) is 16.7 Å². The molecule has 1 aromatic carbocycles. The standard InChI is InChI=1S/C18H25N3O4S.ClH/c1-13-4-5-15(16-11-20-14(2)25-16)10-17(13)26(23,24)21-12-18(22)6-3-8-19-9-7-18;/h4-5,10-11,19,21-22H,3,6-9,12H2,1-2H3;1H. The van der Waals surface area contributed by atoms with Crippen LogP contribution in [0.1, 0.15) is 30.7 Å². The van der Waals surface area contributed by atoms with Crippen LogP contribution in [0.4, 0.5) is 0 Å². The van der Waals surface area contributed by atoms with Gasteiger partial charge < -0.3 is 14.8 Å². The molecule has 0 aliphatic carbocycles. The van der Waals surface area contributed by atoms with Crippen molar-refractivity contribution in [3.05, 3.63) is 35.9 Å². The highest BCUT2D eigenvalue weighted by atomic mass is 35.5. The molecule has 1 aliphatic heterocycles. The fraction of sp³-hybridized carbons (Fsp3) is 0.500. The SMILES string of the molecule is Cc1ncc(-c2ccc(C)c(S(=O)(=O)NCC3(O)CCCNCC3)c2)o1.Cl. The maximum Gasteiger partial charge on any atom is 0.240 e. The zero-order valence-corrected chi connectivity index (χ0v) is 17.1. The number of hydrogen-bond donors (Lipinski definition) is 3. The third kappa shape index (κ3) is 5.30. The Morgan fingerprint density at radius 2 is 2.07 bits per heavy atom. The van der Waals surface area contributed by atoms with Gasteiger partial charge >= 0.3 is 0 Å². The van der Waals surface area contributed by atoms with Gasteiger partial charge in [-0.3, -0.25) is 0 Å². The van der Waals surface area contributed by atoms with Crippen molar-refractivity contribution in [1.82, 2.24) is 15.0 Å². The smallest absolute Gasteiger partial charge is 0.240 e. The number of nitrogens with zero attached hydrogens (tertiary/aromatic N) is 1. The molecule has 9 heteroatoms. The third-order valence-corrected chi connectivity index (χ3v) is 6.28. The first-order valence-corrected chi connectivity index (χ1v) is 10.2. The van der Waals surface area contributed by atoms with E-state index in [1.54, 1.807) is 38.2 Å². The van der Waals surface area contributed by atoms with Gasteiger partial charge in [0.15, 0.2) is 11.7 Å². The van der Waals surface area contributed by atoms with Gasteiger partial charge in [-0.25, -0.2) is 18.1 Å². The molecule has 150 valence electrons. The lowest BCUT2D eigenvalue weighted by Gasteiger charge is -2.26. The van der Waals surface area contributed by atoms with Gasteiger partial charge in [0.2, 0.25) is 10.0 Å². The third-order valence-electron chi connectivity index (χ3n) is 4.74. The summed E-state index contributed by atoms with van der Waals surface area (Å²) in [7, 11) is -3.76. The number of aromatic nitrogens is 1. The Labute approximate surface area is 166 Å². The van der Waals surface area contributed by atoms with Crippen LogP contribution < -0.4 is 10.0 Å². The second-order valence-corrected chi connectivity index (χ2v) is 8.61. The van der Waals surface area contributed by atoms with Gasteiger partial charge in [-0.2, -0.15) is 0 Å².